The van der Waals surface area contributed by atoms with E-state index in [9.17, 15) is 4.79 Å². The molecule has 1 aliphatic heterocycles. The van der Waals surface area contributed by atoms with E-state index in [1.807, 2.05) is 25.1 Å². The van der Waals surface area contributed by atoms with E-state index in [1.54, 1.807) is 24.5 Å². The van der Waals surface area contributed by atoms with Gasteiger partial charge < -0.3 is 20.1 Å². The zero-order chi connectivity index (χ0) is 16.1. The highest BCUT2D eigenvalue weighted by molar-refractivity contribution is 5.82. The van der Waals surface area contributed by atoms with Crippen LogP contribution in [-0.4, -0.2) is 41.2 Å². The van der Waals surface area contributed by atoms with Crippen LogP contribution in [0.2, 0.25) is 0 Å². The number of para-hydroxylation sites is 2. The number of amides is 1. The smallest absolute Gasteiger partial charge is 0.265 e. The van der Waals surface area contributed by atoms with Gasteiger partial charge in [0.1, 0.15) is 6.10 Å². The van der Waals surface area contributed by atoms with E-state index in [1.165, 1.54) is 0 Å². The zero-order valence-electron chi connectivity index (χ0n) is 12.7. The minimum absolute atomic E-state index is 0.206. The summed E-state index contributed by atoms with van der Waals surface area (Å²) in [6.07, 6.45) is 2.29. The first kappa shape index (κ1) is 15.1. The number of fused-ring (bicyclic) bond motifs is 1. The number of benzene rings is 1. The number of carbonyl (C=O) groups excluding carboxylic acids is 1. The maximum absolute atomic E-state index is 12.3. The van der Waals surface area contributed by atoms with Gasteiger partial charge in [-0.2, -0.15) is 0 Å². The van der Waals surface area contributed by atoms with Gasteiger partial charge in [0.15, 0.2) is 11.5 Å². The van der Waals surface area contributed by atoms with Gasteiger partial charge in [0, 0.05) is 25.5 Å². The summed E-state index contributed by atoms with van der Waals surface area (Å²) in [5, 5.41) is 5.84. The molecule has 1 aromatic carbocycles. The summed E-state index contributed by atoms with van der Waals surface area (Å²) in [7, 11) is 0. The van der Waals surface area contributed by atoms with Crippen LogP contribution < -0.4 is 20.1 Å². The molecule has 23 heavy (non-hydrogen) atoms. The van der Waals surface area contributed by atoms with Crippen molar-refractivity contribution in [1.29, 1.82) is 0 Å². The fourth-order valence-electron chi connectivity index (χ4n) is 2.26. The molecule has 1 aromatic heterocycles. The molecule has 1 amide bonds. The first-order chi connectivity index (χ1) is 11.2. The predicted octanol–water partition coefficient (Wildman–Crippen LogP) is 1.23. The van der Waals surface area contributed by atoms with Gasteiger partial charge in [-0.15, -0.1) is 0 Å². The highest BCUT2D eigenvalue weighted by Crippen LogP contribution is 2.33. The molecule has 0 fully saturated rings. The number of rotatable bonds is 5. The molecule has 7 nitrogen and oxygen atoms in total. The number of nitrogens with zero attached hydrogens (tertiary/aromatic N) is 2. The zero-order valence-corrected chi connectivity index (χ0v) is 12.7. The Kier molecular flexibility index (Phi) is 4.56. The van der Waals surface area contributed by atoms with Gasteiger partial charge in [-0.05, 0) is 25.1 Å². The van der Waals surface area contributed by atoms with Crippen molar-refractivity contribution < 1.29 is 14.3 Å². The van der Waals surface area contributed by atoms with E-state index < -0.39 is 6.10 Å². The van der Waals surface area contributed by atoms with Gasteiger partial charge in [0.05, 0.1) is 0 Å². The molecule has 0 unspecified atom stereocenters. The Morgan fingerprint density at radius 2 is 1.78 bits per heavy atom. The largest absolute Gasteiger partial charge is 0.482 e. The molecule has 120 valence electrons. The quantitative estimate of drug-likeness (QED) is 0.808. The fourth-order valence-corrected chi connectivity index (χ4v) is 2.26. The number of hydrogen-bond donors (Lipinski definition) is 2. The van der Waals surface area contributed by atoms with Gasteiger partial charge in [-0.25, -0.2) is 9.97 Å². The molecule has 0 aliphatic carbocycles. The minimum atomic E-state index is -0.669. The molecule has 2 aromatic rings. The molecule has 2 atom stereocenters. The lowest BCUT2D eigenvalue weighted by Gasteiger charge is -2.31. The summed E-state index contributed by atoms with van der Waals surface area (Å²) in [5.74, 6) is 1.57. The summed E-state index contributed by atoms with van der Waals surface area (Å²) in [6, 6.07) is 9.07. The van der Waals surface area contributed by atoms with Crippen LogP contribution in [0.5, 0.6) is 11.5 Å². The summed E-state index contributed by atoms with van der Waals surface area (Å²) >= 11 is 0. The molecule has 3 rings (SSSR count). The summed E-state index contributed by atoms with van der Waals surface area (Å²) in [4.78, 5) is 20.3. The monoisotopic (exact) mass is 314 g/mol. The van der Waals surface area contributed by atoms with Crippen LogP contribution in [-0.2, 0) is 4.79 Å². The van der Waals surface area contributed by atoms with Crippen molar-refractivity contribution in [2.24, 2.45) is 0 Å². The summed E-state index contributed by atoms with van der Waals surface area (Å²) < 4.78 is 11.5. The van der Waals surface area contributed by atoms with Crippen molar-refractivity contribution in [3.8, 4) is 11.5 Å². The van der Waals surface area contributed by atoms with Crippen molar-refractivity contribution in [3.63, 3.8) is 0 Å². The van der Waals surface area contributed by atoms with Crippen LogP contribution >= 0.6 is 0 Å². The second kappa shape index (κ2) is 6.95. The number of hydrogen-bond acceptors (Lipinski definition) is 6. The van der Waals surface area contributed by atoms with Gasteiger partial charge in [-0.3, -0.25) is 4.79 Å². The Morgan fingerprint density at radius 1 is 1.09 bits per heavy atom. The number of aromatic nitrogens is 2. The van der Waals surface area contributed by atoms with Crippen LogP contribution in [0.25, 0.3) is 0 Å². The Hall–Kier alpha value is -2.83. The minimum Gasteiger partial charge on any atom is -0.482 e. The molecule has 7 heteroatoms. The van der Waals surface area contributed by atoms with E-state index >= 15 is 0 Å². The first-order valence-electron chi connectivity index (χ1n) is 7.45. The maximum Gasteiger partial charge on any atom is 0.265 e. The number of anilines is 1. The highest BCUT2D eigenvalue weighted by atomic mass is 16.6. The molecule has 0 bridgehead atoms. The number of ether oxygens (including phenoxy) is 2. The molecule has 0 spiro atoms. The summed E-state index contributed by atoms with van der Waals surface area (Å²) in [5.41, 5.74) is 0. The topological polar surface area (TPSA) is 85.4 Å². The van der Waals surface area contributed by atoms with Crippen LogP contribution in [0.3, 0.4) is 0 Å². The normalized spacial score (nSPS) is 19.0. The Bertz CT molecular complexity index is 665. The van der Waals surface area contributed by atoms with E-state index in [-0.39, 0.29) is 12.0 Å². The first-order valence-corrected chi connectivity index (χ1v) is 7.45. The van der Waals surface area contributed by atoms with Crippen LogP contribution in [0.1, 0.15) is 6.92 Å². The second-order valence-electron chi connectivity index (χ2n) is 5.10. The SMILES string of the molecule is C[C@@H]1Oc2ccccc2O[C@@H]1C(=O)NCCNc1ncccn1. The fraction of sp³-hybridized carbons (Fsp3) is 0.312. The van der Waals surface area contributed by atoms with Crippen LogP contribution in [0.15, 0.2) is 42.7 Å². The third-order valence-electron chi connectivity index (χ3n) is 3.37. The lowest BCUT2D eigenvalue weighted by molar-refractivity contribution is -0.133. The third kappa shape index (κ3) is 3.68. The van der Waals surface area contributed by atoms with E-state index in [2.05, 4.69) is 20.6 Å². The Balaban J connectivity index is 1.49. The van der Waals surface area contributed by atoms with Crippen molar-refractivity contribution in [2.75, 3.05) is 18.4 Å². The van der Waals surface area contributed by atoms with Gasteiger partial charge >= 0.3 is 0 Å². The molecular weight excluding hydrogens is 296 g/mol. The van der Waals surface area contributed by atoms with E-state index in [4.69, 9.17) is 9.47 Å². The molecule has 2 heterocycles. The molecule has 1 aliphatic rings. The van der Waals surface area contributed by atoms with Crippen molar-refractivity contribution in [2.45, 2.75) is 19.1 Å². The molecule has 0 saturated heterocycles. The lowest BCUT2D eigenvalue weighted by atomic mass is 10.1. The maximum atomic E-state index is 12.3. The number of carbonyl (C=O) groups is 1. The lowest BCUT2D eigenvalue weighted by Crippen LogP contribution is -2.49. The highest BCUT2D eigenvalue weighted by Gasteiger charge is 2.33. The third-order valence-corrected chi connectivity index (χ3v) is 3.37. The second-order valence-corrected chi connectivity index (χ2v) is 5.10. The average Bonchev–Trinajstić information content (AvgIpc) is 2.59. The Morgan fingerprint density at radius 3 is 2.52 bits per heavy atom. The molecular formula is C16H18N4O3. The van der Waals surface area contributed by atoms with Crippen molar-refractivity contribution in [3.05, 3.63) is 42.7 Å². The van der Waals surface area contributed by atoms with Gasteiger partial charge in [-0.1, -0.05) is 12.1 Å². The van der Waals surface area contributed by atoms with E-state index in [0.717, 1.165) is 0 Å². The molecule has 2 N–H and O–H groups in total. The number of nitrogens with one attached hydrogen (secondary N) is 2. The van der Waals surface area contributed by atoms with Gasteiger partial charge in [0.25, 0.3) is 5.91 Å². The van der Waals surface area contributed by atoms with Crippen LogP contribution in [0.4, 0.5) is 5.95 Å². The predicted molar refractivity (Wildman–Crippen MR) is 84.5 cm³/mol. The molecule has 0 saturated carbocycles. The van der Waals surface area contributed by atoms with Crippen molar-refractivity contribution in [1.82, 2.24) is 15.3 Å². The van der Waals surface area contributed by atoms with E-state index in [0.29, 0.717) is 30.5 Å². The van der Waals surface area contributed by atoms with Crippen LogP contribution in [0, 0.1) is 0 Å². The average molecular weight is 314 g/mol. The molecule has 0 radical (unpaired) electrons. The Labute approximate surface area is 134 Å². The summed E-state index contributed by atoms with van der Waals surface area (Å²) in [6.45, 7) is 2.77. The van der Waals surface area contributed by atoms with Gasteiger partial charge in [0.2, 0.25) is 12.1 Å². The van der Waals surface area contributed by atoms with Crippen molar-refractivity contribution >= 4 is 11.9 Å². The standard InChI is InChI=1S/C16H18N4O3/c1-11-14(23-13-6-3-2-5-12(13)22-11)15(21)17-9-10-20-16-18-7-4-8-19-16/h2-8,11,14H,9-10H2,1H3,(H,17,21)(H,18,19,20)/t11-,14-/m0/s1.